The van der Waals surface area contributed by atoms with Crippen molar-refractivity contribution in [2.45, 2.75) is 64.5 Å². The number of benzene rings is 1. The Morgan fingerprint density at radius 3 is 2.66 bits per heavy atom. The maximum atomic E-state index is 12.7. The molecule has 29 heavy (non-hydrogen) atoms. The third-order valence-electron chi connectivity index (χ3n) is 5.42. The van der Waals surface area contributed by atoms with E-state index in [-0.39, 0.29) is 35.6 Å². The molecule has 0 saturated heterocycles. The number of carbonyl (C=O) groups is 2. The largest absolute Gasteiger partial charge is 0.463 e. The van der Waals surface area contributed by atoms with Crippen LogP contribution < -0.4 is 11.1 Å². The molecule has 0 aliphatic heterocycles. The van der Waals surface area contributed by atoms with E-state index < -0.39 is 0 Å². The summed E-state index contributed by atoms with van der Waals surface area (Å²) in [7, 11) is 0. The fraction of sp³-hybridized carbons (Fsp3) is 0.500. The van der Waals surface area contributed by atoms with E-state index in [2.05, 4.69) is 5.32 Å². The third-order valence-corrected chi connectivity index (χ3v) is 5.42. The average Bonchev–Trinajstić information content (AvgIpc) is 3.10. The summed E-state index contributed by atoms with van der Waals surface area (Å²) in [6.07, 6.45) is 6.51. The second kappa shape index (κ2) is 9.11. The van der Waals surface area contributed by atoms with Crippen LogP contribution in [0.2, 0.25) is 0 Å². The molecule has 1 aromatic carbocycles. The number of ether oxygens (including phenoxy) is 1. The van der Waals surface area contributed by atoms with Crippen LogP contribution in [-0.2, 0) is 9.53 Å². The molecule has 1 heterocycles. The molecular formula is C22H29N3O4. The Labute approximate surface area is 170 Å². The Morgan fingerprint density at radius 2 is 2.00 bits per heavy atom. The molecule has 1 saturated carbocycles. The summed E-state index contributed by atoms with van der Waals surface area (Å²) in [4.78, 5) is 24.4. The number of hydrogen-bond donors (Lipinski definition) is 3. The molecule has 0 atom stereocenters. The van der Waals surface area contributed by atoms with Gasteiger partial charge < -0.3 is 20.2 Å². The van der Waals surface area contributed by atoms with Gasteiger partial charge in [-0.15, -0.1) is 0 Å². The molecule has 1 aromatic heterocycles. The number of fused-ring (bicyclic) bond motifs is 1. The van der Waals surface area contributed by atoms with Crippen LogP contribution in [0.5, 0.6) is 0 Å². The minimum absolute atomic E-state index is 0.0201. The van der Waals surface area contributed by atoms with Crippen LogP contribution in [-0.4, -0.2) is 29.9 Å². The first-order valence-electron chi connectivity index (χ1n) is 10.2. The Balaban J connectivity index is 1.50. The molecule has 156 valence electrons. The summed E-state index contributed by atoms with van der Waals surface area (Å²) in [6, 6.07) is 5.33. The number of nitrogen functional groups attached to an aromatic ring is 1. The number of nitrogens with two attached hydrogens (primary N) is 1. The van der Waals surface area contributed by atoms with E-state index in [9.17, 15) is 9.59 Å². The van der Waals surface area contributed by atoms with Gasteiger partial charge in [0.15, 0.2) is 5.76 Å². The monoisotopic (exact) mass is 399 g/mol. The van der Waals surface area contributed by atoms with Crippen LogP contribution in [0.4, 0.5) is 0 Å². The number of amides is 1. The van der Waals surface area contributed by atoms with Crippen LogP contribution in [0.25, 0.3) is 10.8 Å². The van der Waals surface area contributed by atoms with Gasteiger partial charge in [-0.3, -0.25) is 15.0 Å². The van der Waals surface area contributed by atoms with Crippen molar-refractivity contribution in [3.05, 3.63) is 35.8 Å². The first kappa shape index (κ1) is 20.9. The minimum Gasteiger partial charge on any atom is -0.463 e. The third kappa shape index (κ3) is 5.37. The molecule has 1 fully saturated rings. The lowest BCUT2D eigenvalue weighted by Gasteiger charge is -2.28. The lowest BCUT2D eigenvalue weighted by atomic mass is 9.83. The van der Waals surface area contributed by atoms with Crippen molar-refractivity contribution in [1.82, 2.24) is 5.32 Å². The quantitative estimate of drug-likeness (QED) is 0.372. The van der Waals surface area contributed by atoms with Crippen molar-refractivity contribution in [2.24, 2.45) is 11.7 Å². The fourth-order valence-corrected chi connectivity index (χ4v) is 3.89. The van der Waals surface area contributed by atoms with Gasteiger partial charge in [0.2, 0.25) is 0 Å². The molecule has 1 aliphatic carbocycles. The summed E-state index contributed by atoms with van der Waals surface area (Å²) in [5.41, 5.74) is 6.11. The number of hydrogen-bond acceptors (Lipinski definition) is 5. The predicted molar refractivity (Wildman–Crippen MR) is 111 cm³/mol. The van der Waals surface area contributed by atoms with Gasteiger partial charge in [0.05, 0.1) is 12.4 Å². The number of carbonyl (C=O) groups excluding carboxylic acids is 2. The number of furan rings is 1. The maximum Gasteiger partial charge on any atom is 0.306 e. The first-order valence-corrected chi connectivity index (χ1v) is 10.2. The standard InChI is InChI=1S/C22H29N3O4/c1-13(2)29-19(26)10-5-14-3-7-17(8-4-14)25-22(27)20-18-9-6-15(21(23)24)11-16(18)12-28-20/h6,9,11-14,17H,3-5,7-8,10H2,1-2H3,(H3,23,24)(H,25,27). The van der Waals surface area contributed by atoms with Gasteiger partial charge in [-0.25, -0.2) is 0 Å². The van der Waals surface area contributed by atoms with Gasteiger partial charge in [-0.2, -0.15) is 0 Å². The van der Waals surface area contributed by atoms with Crippen LogP contribution in [0.3, 0.4) is 0 Å². The van der Waals surface area contributed by atoms with Gasteiger partial charge in [0.1, 0.15) is 5.84 Å². The van der Waals surface area contributed by atoms with Gasteiger partial charge in [0.25, 0.3) is 5.91 Å². The summed E-state index contributed by atoms with van der Waals surface area (Å²) < 4.78 is 10.7. The molecule has 7 heteroatoms. The van der Waals surface area contributed by atoms with Crippen molar-refractivity contribution >= 4 is 28.5 Å². The zero-order valence-electron chi connectivity index (χ0n) is 17.0. The Bertz CT molecular complexity index is 895. The van der Waals surface area contributed by atoms with Crippen molar-refractivity contribution < 1.29 is 18.7 Å². The summed E-state index contributed by atoms with van der Waals surface area (Å²) in [5, 5.41) is 12.0. The topological polar surface area (TPSA) is 118 Å². The van der Waals surface area contributed by atoms with Crippen LogP contribution in [0, 0.1) is 11.3 Å². The van der Waals surface area contributed by atoms with Crippen molar-refractivity contribution in [1.29, 1.82) is 5.41 Å². The average molecular weight is 399 g/mol. The van der Waals surface area contributed by atoms with E-state index in [4.69, 9.17) is 20.3 Å². The normalized spacial score (nSPS) is 19.3. The second-order valence-corrected chi connectivity index (χ2v) is 8.05. The number of esters is 1. The molecule has 7 nitrogen and oxygen atoms in total. The minimum atomic E-state index is -0.223. The van der Waals surface area contributed by atoms with Gasteiger partial charge in [0, 0.05) is 28.8 Å². The summed E-state index contributed by atoms with van der Waals surface area (Å²) in [6.45, 7) is 3.71. The highest BCUT2D eigenvalue weighted by atomic mass is 16.5. The molecule has 1 amide bonds. The molecule has 0 radical (unpaired) electrons. The molecule has 4 N–H and O–H groups in total. The van der Waals surface area contributed by atoms with E-state index in [1.165, 1.54) is 6.26 Å². The van der Waals surface area contributed by atoms with E-state index >= 15 is 0 Å². The maximum absolute atomic E-state index is 12.7. The van der Waals surface area contributed by atoms with E-state index in [1.807, 2.05) is 13.8 Å². The van der Waals surface area contributed by atoms with Gasteiger partial charge in [-0.05, 0) is 64.0 Å². The molecular weight excluding hydrogens is 370 g/mol. The van der Waals surface area contributed by atoms with Crippen LogP contribution in [0.1, 0.15) is 68.5 Å². The van der Waals surface area contributed by atoms with Crippen LogP contribution >= 0.6 is 0 Å². The molecule has 2 aromatic rings. The lowest BCUT2D eigenvalue weighted by molar-refractivity contribution is -0.147. The molecule has 0 spiro atoms. The molecule has 0 bridgehead atoms. The number of amidine groups is 1. The van der Waals surface area contributed by atoms with E-state index in [0.29, 0.717) is 23.3 Å². The SMILES string of the molecule is CC(C)OC(=O)CCC1CCC(NC(=O)c2occ3cc(C(=N)N)ccc23)CC1. The van der Waals surface area contributed by atoms with E-state index in [0.717, 1.165) is 37.5 Å². The highest BCUT2D eigenvalue weighted by Crippen LogP contribution is 2.29. The zero-order valence-corrected chi connectivity index (χ0v) is 17.0. The summed E-state index contributed by atoms with van der Waals surface area (Å²) >= 11 is 0. The number of rotatable bonds is 7. The smallest absolute Gasteiger partial charge is 0.306 e. The van der Waals surface area contributed by atoms with Crippen molar-refractivity contribution in [3.63, 3.8) is 0 Å². The molecule has 1 aliphatic rings. The van der Waals surface area contributed by atoms with Crippen LogP contribution in [0.15, 0.2) is 28.9 Å². The Morgan fingerprint density at radius 1 is 1.28 bits per heavy atom. The van der Waals surface area contributed by atoms with Gasteiger partial charge >= 0.3 is 5.97 Å². The fourth-order valence-electron chi connectivity index (χ4n) is 3.89. The Kier molecular flexibility index (Phi) is 6.56. The number of nitrogens with one attached hydrogen (secondary N) is 2. The van der Waals surface area contributed by atoms with E-state index in [1.54, 1.807) is 18.2 Å². The van der Waals surface area contributed by atoms with Crippen molar-refractivity contribution in [2.75, 3.05) is 0 Å². The zero-order chi connectivity index (χ0) is 21.0. The highest BCUT2D eigenvalue weighted by molar-refractivity contribution is 6.07. The molecule has 3 rings (SSSR count). The molecule has 0 unspecified atom stereocenters. The first-order chi connectivity index (χ1) is 13.8. The Hall–Kier alpha value is -2.83. The summed E-state index contributed by atoms with van der Waals surface area (Å²) in [5.74, 6) is 0.409. The van der Waals surface area contributed by atoms with Gasteiger partial charge in [-0.1, -0.05) is 6.07 Å². The van der Waals surface area contributed by atoms with Crippen molar-refractivity contribution in [3.8, 4) is 0 Å². The lowest BCUT2D eigenvalue weighted by Crippen LogP contribution is -2.37. The predicted octanol–water partition coefficient (Wildman–Crippen LogP) is 3.74. The second-order valence-electron chi connectivity index (χ2n) is 8.05. The highest BCUT2D eigenvalue weighted by Gasteiger charge is 2.25.